The van der Waals surface area contributed by atoms with E-state index in [2.05, 4.69) is 38.3 Å². The molecule has 2 aromatic heterocycles. The Bertz CT molecular complexity index is 817. The summed E-state index contributed by atoms with van der Waals surface area (Å²) in [6.45, 7) is 5.24. The van der Waals surface area contributed by atoms with Gasteiger partial charge in [-0.05, 0) is 44.1 Å². The minimum absolute atomic E-state index is 0.292. The lowest BCUT2D eigenvalue weighted by Crippen LogP contribution is -2.47. The van der Waals surface area contributed by atoms with Crippen LogP contribution in [0.25, 0.3) is 0 Å². The Morgan fingerprint density at radius 3 is 2.97 bits per heavy atom. The highest BCUT2D eigenvalue weighted by atomic mass is 32.2. The lowest BCUT2D eigenvalue weighted by Gasteiger charge is -2.30. The molecule has 2 N–H and O–H groups in total. The quantitative estimate of drug-likeness (QED) is 0.491. The van der Waals surface area contributed by atoms with Gasteiger partial charge in [0.25, 0.3) is 0 Å². The third-order valence-electron chi connectivity index (χ3n) is 5.43. The molecule has 29 heavy (non-hydrogen) atoms. The first-order valence-electron chi connectivity index (χ1n) is 10.4. The van der Waals surface area contributed by atoms with Gasteiger partial charge in [-0.3, -0.25) is 4.21 Å². The molecular formula is C20H32N6OS2. The maximum absolute atomic E-state index is 12.3. The molecule has 0 aliphatic heterocycles. The van der Waals surface area contributed by atoms with Gasteiger partial charge in [0, 0.05) is 46.3 Å². The van der Waals surface area contributed by atoms with E-state index in [0.29, 0.717) is 17.8 Å². The topological polar surface area (TPSA) is 84.2 Å². The molecule has 0 bridgehead atoms. The zero-order valence-corrected chi connectivity index (χ0v) is 19.2. The number of guanidine groups is 1. The maximum Gasteiger partial charge on any atom is 0.191 e. The van der Waals surface area contributed by atoms with E-state index in [1.807, 2.05) is 25.5 Å². The smallest absolute Gasteiger partial charge is 0.191 e. The molecule has 0 radical (unpaired) electrons. The van der Waals surface area contributed by atoms with Crippen LogP contribution in [0, 0.1) is 6.92 Å². The molecule has 7 nitrogen and oxygen atoms in total. The van der Waals surface area contributed by atoms with Crippen molar-refractivity contribution in [3.05, 3.63) is 34.0 Å². The van der Waals surface area contributed by atoms with E-state index < -0.39 is 10.8 Å². The minimum atomic E-state index is -0.729. The molecule has 1 saturated carbocycles. The third-order valence-corrected chi connectivity index (χ3v) is 8.11. The van der Waals surface area contributed by atoms with Gasteiger partial charge >= 0.3 is 0 Å². The molecule has 9 heteroatoms. The standard InChI is InChI=1S/C20H32N6OS2/c1-4-29(27)18-9-5-7-16(13-18)23-20(21-11-10-17-8-6-12-28-17)22-14-19-25-24-15(2)26(19)3/h6,8,12,16,18H,4-5,7,9-11,13-14H2,1-3H3,(H2,21,22,23). The van der Waals surface area contributed by atoms with Crippen molar-refractivity contribution in [2.24, 2.45) is 12.0 Å². The summed E-state index contributed by atoms with van der Waals surface area (Å²) in [6, 6.07) is 4.54. The van der Waals surface area contributed by atoms with E-state index >= 15 is 0 Å². The first kappa shape index (κ1) is 22.0. The van der Waals surface area contributed by atoms with Gasteiger partial charge in [-0.2, -0.15) is 0 Å². The number of thiophene rings is 1. The molecule has 160 valence electrons. The first-order valence-corrected chi connectivity index (χ1v) is 12.6. The fourth-order valence-corrected chi connectivity index (χ4v) is 5.65. The van der Waals surface area contributed by atoms with Crippen LogP contribution in [-0.2, 0) is 30.8 Å². The number of rotatable bonds is 8. The van der Waals surface area contributed by atoms with Gasteiger partial charge in [-0.1, -0.05) is 19.4 Å². The average Bonchev–Trinajstić information content (AvgIpc) is 3.36. The highest BCUT2D eigenvalue weighted by Crippen LogP contribution is 2.23. The van der Waals surface area contributed by atoms with Gasteiger partial charge in [0.2, 0.25) is 0 Å². The third kappa shape index (κ3) is 6.37. The second-order valence-corrected chi connectivity index (χ2v) is 10.5. The fraction of sp³-hybridized carbons (Fsp3) is 0.650. The Morgan fingerprint density at radius 2 is 2.28 bits per heavy atom. The fourth-order valence-electron chi connectivity index (χ4n) is 3.59. The van der Waals surface area contributed by atoms with Crippen molar-refractivity contribution in [3.8, 4) is 0 Å². The summed E-state index contributed by atoms with van der Waals surface area (Å²) in [7, 11) is 1.23. The van der Waals surface area contributed by atoms with E-state index in [0.717, 1.165) is 62.0 Å². The van der Waals surface area contributed by atoms with Crippen LogP contribution >= 0.6 is 11.3 Å². The molecular weight excluding hydrogens is 404 g/mol. The molecule has 0 saturated heterocycles. The lowest BCUT2D eigenvalue weighted by molar-refractivity contribution is 0.413. The van der Waals surface area contributed by atoms with Gasteiger partial charge in [-0.25, -0.2) is 4.99 Å². The molecule has 0 spiro atoms. The van der Waals surface area contributed by atoms with Crippen LogP contribution < -0.4 is 10.6 Å². The molecule has 2 aromatic rings. The summed E-state index contributed by atoms with van der Waals surface area (Å²) in [4.78, 5) is 6.13. The molecule has 0 amide bonds. The van der Waals surface area contributed by atoms with Crippen molar-refractivity contribution in [2.45, 2.75) is 63.8 Å². The van der Waals surface area contributed by atoms with Crippen LogP contribution in [0.5, 0.6) is 0 Å². The molecule has 3 rings (SSSR count). The van der Waals surface area contributed by atoms with Crippen LogP contribution in [0.4, 0.5) is 0 Å². The largest absolute Gasteiger partial charge is 0.356 e. The van der Waals surface area contributed by atoms with Crippen molar-refractivity contribution < 1.29 is 4.21 Å². The zero-order chi connectivity index (χ0) is 20.6. The van der Waals surface area contributed by atoms with Crippen molar-refractivity contribution in [3.63, 3.8) is 0 Å². The SMILES string of the molecule is CCS(=O)C1CCCC(NC(=NCc2nnc(C)n2C)NCCc2cccs2)C1. The number of aliphatic imine (C=N–C) groups is 1. The summed E-state index contributed by atoms with van der Waals surface area (Å²) in [6.07, 6.45) is 5.17. The zero-order valence-electron chi connectivity index (χ0n) is 17.6. The number of aryl methyl sites for hydroxylation is 1. The monoisotopic (exact) mass is 436 g/mol. The first-order chi connectivity index (χ1) is 14.1. The van der Waals surface area contributed by atoms with E-state index in [1.54, 1.807) is 11.3 Å². The van der Waals surface area contributed by atoms with Crippen molar-refractivity contribution in [1.29, 1.82) is 0 Å². The van der Waals surface area contributed by atoms with Gasteiger partial charge in [0.1, 0.15) is 12.4 Å². The van der Waals surface area contributed by atoms with Gasteiger partial charge in [0.15, 0.2) is 11.8 Å². The summed E-state index contributed by atoms with van der Waals surface area (Å²) in [5.41, 5.74) is 0. The molecule has 2 heterocycles. The number of hydrogen-bond donors (Lipinski definition) is 2. The molecule has 0 aromatic carbocycles. The van der Waals surface area contributed by atoms with Crippen LogP contribution in [0.2, 0.25) is 0 Å². The average molecular weight is 437 g/mol. The van der Waals surface area contributed by atoms with E-state index in [4.69, 9.17) is 4.99 Å². The Kier molecular flexibility index (Phi) is 8.23. The Labute approximate surface area is 179 Å². The van der Waals surface area contributed by atoms with Crippen molar-refractivity contribution in [1.82, 2.24) is 25.4 Å². The van der Waals surface area contributed by atoms with E-state index in [1.165, 1.54) is 4.88 Å². The summed E-state index contributed by atoms with van der Waals surface area (Å²) in [5, 5.41) is 17.8. The predicted octanol–water partition coefficient (Wildman–Crippen LogP) is 2.54. The minimum Gasteiger partial charge on any atom is -0.356 e. The number of aromatic nitrogens is 3. The number of nitrogens with zero attached hydrogens (tertiary/aromatic N) is 4. The van der Waals surface area contributed by atoms with Crippen LogP contribution in [0.3, 0.4) is 0 Å². The van der Waals surface area contributed by atoms with Crippen molar-refractivity contribution >= 4 is 28.1 Å². The summed E-state index contributed by atoms with van der Waals surface area (Å²) in [5.74, 6) is 3.27. The molecule has 1 aliphatic carbocycles. The van der Waals surface area contributed by atoms with Gasteiger partial charge in [0.05, 0.1) is 0 Å². The maximum atomic E-state index is 12.3. The van der Waals surface area contributed by atoms with Crippen LogP contribution in [-0.4, -0.2) is 48.5 Å². The second kappa shape index (κ2) is 10.9. The van der Waals surface area contributed by atoms with Gasteiger partial charge < -0.3 is 15.2 Å². The summed E-state index contributed by atoms with van der Waals surface area (Å²) >= 11 is 1.78. The predicted molar refractivity (Wildman–Crippen MR) is 121 cm³/mol. The number of nitrogens with one attached hydrogen (secondary N) is 2. The summed E-state index contributed by atoms with van der Waals surface area (Å²) < 4.78 is 14.2. The second-order valence-electron chi connectivity index (χ2n) is 7.44. The van der Waals surface area contributed by atoms with Crippen LogP contribution in [0.1, 0.15) is 49.1 Å². The molecule has 3 atom stereocenters. The molecule has 3 unspecified atom stereocenters. The van der Waals surface area contributed by atoms with E-state index in [9.17, 15) is 4.21 Å². The Balaban J connectivity index is 1.63. The van der Waals surface area contributed by atoms with Crippen molar-refractivity contribution in [2.75, 3.05) is 12.3 Å². The normalized spacial score (nSPS) is 21.1. The Hall–Kier alpha value is -1.74. The lowest BCUT2D eigenvalue weighted by atomic mass is 9.95. The van der Waals surface area contributed by atoms with E-state index in [-0.39, 0.29) is 0 Å². The number of hydrogen-bond acceptors (Lipinski definition) is 5. The highest BCUT2D eigenvalue weighted by Gasteiger charge is 2.26. The Morgan fingerprint density at radius 1 is 1.41 bits per heavy atom. The van der Waals surface area contributed by atoms with Crippen LogP contribution in [0.15, 0.2) is 22.5 Å². The highest BCUT2D eigenvalue weighted by molar-refractivity contribution is 7.85. The molecule has 1 aliphatic rings. The molecule has 1 fully saturated rings. The van der Waals surface area contributed by atoms with Gasteiger partial charge in [-0.15, -0.1) is 21.5 Å².